The highest BCUT2D eigenvalue weighted by Crippen LogP contribution is 2.04. The van der Waals surface area contributed by atoms with Gasteiger partial charge in [-0.2, -0.15) is 0 Å². The summed E-state index contributed by atoms with van der Waals surface area (Å²) in [6.45, 7) is 6.68. The summed E-state index contributed by atoms with van der Waals surface area (Å²) in [5, 5.41) is 6.93. The first kappa shape index (κ1) is 12.7. The van der Waals surface area contributed by atoms with Crippen molar-refractivity contribution in [3.05, 3.63) is 17.5 Å². The van der Waals surface area contributed by atoms with E-state index in [0.29, 0.717) is 19.1 Å². The molecule has 1 rings (SSSR count). The van der Waals surface area contributed by atoms with Crippen molar-refractivity contribution in [2.24, 2.45) is 0 Å². The van der Waals surface area contributed by atoms with E-state index in [1.165, 1.54) is 0 Å². The number of hydrogen-bond acceptors (Lipinski definition) is 4. The van der Waals surface area contributed by atoms with Gasteiger partial charge in [0, 0.05) is 19.2 Å². The number of hydrogen-bond donors (Lipinski definition) is 1. The second-order valence-electron chi connectivity index (χ2n) is 4.21. The number of amides is 1. The highest BCUT2D eigenvalue weighted by molar-refractivity contribution is 5.77. The lowest BCUT2D eigenvalue weighted by Gasteiger charge is -2.16. The van der Waals surface area contributed by atoms with E-state index in [1.54, 1.807) is 11.9 Å². The third kappa shape index (κ3) is 4.02. The zero-order valence-corrected chi connectivity index (χ0v) is 10.3. The van der Waals surface area contributed by atoms with Crippen molar-refractivity contribution in [2.75, 3.05) is 13.6 Å². The van der Waals surface area contributed by atoms with Crippen molar-refractivity contribution in [1.82, 2.24) is 15.4 Å². The van der Waals surface area contributed by atoms with Crippen LogP contribution in [0.3, 0.4) is 0 Å². The second-order valence-corrected chi connectivity index (χ2v) is 4.21. The van der Waals surface area contributed by atoms with Gasteiger partial charge in [0.1, 0.15) is 11.5 Å². The van der Waals surface area contributed by atoms with Gasteiger partial charge in [-0.25, -0.2) is 0 Å². The molecule has 0 aliphatic rings. The molecule has 1 heterocycles. The topological polar surface area (TPSA) is 58.4 Å². The summed E-state index contributed by atoms with van der Waals surface area (Å²) in [6.07, 6.45) is 0. The Labute approximate surface area is 95.8 Å². The molecule has 1 aromatic heterocycles. The minimum atomic E-state index is 0.0503. The number of carbonyl (C=O) groups excluding carboxylic acids is 1. The maximum absolute atomic E-state index is 11.7. The Balaban J connectivity index is 2.39. The minimum absolute atomic E-state index is 0.0503. The van der Waals surface area contributed by atoms with Crippen LogP contribution in [0.1, 0.15) is 25.3 Å². The lowest BCUT2D eigenvalue weighted by atomic mass is 10.3. The van der Waals surface area contributed by atoms with Gasteiger partial charge >= 0.3 is 0 Å². The van der Waals surface area contributed by atoms with Crippen molar-refractivity contribution < 1.29 is 9.32 Å². The van der Waals surface area contributed by atoms with E-state index in [9.17, 15) is 4.79 Å². The van der Waals surface area contributed by atoms with Crippen LogP contribution in [0.15, 0.2) is 10.6 Å². The number of aryl methyl sites for hydroxylation is 1. The zero-order chi connectivity index (χ0) is 12.1. The smallest absolute Gasteiger partial charge is 0.236 e. The fraction of sp³-hybridized carbons (Fsp3) is 0.636. The number of rotatable bonds is 5. The van der Waals surface area contributed by atoms with Crippen LogP contribution in [0.5, 0.6) is 0 Å². The molecule has 0 saturated heterocycles. The van der Waals surface area contributed by atoms with Crippen LogP contribution in [0.2, 0.25) is 0 Å². The molecular weight excluding hydrogens is 206 g/mol. The van der Waals surface area contributed by atoms with Gasteiger partial charge in [-0.15, -0.1) is 0 Å². The van der Waals surface area contributed by atoms with Crippen LogP contribution in [-0.2, 0) is 11.3 Å². The van der Waals surface area contributed by atoms with Crippen molar-refractivity contribution in [3.63, 3.8) is 0 Å². The number of aromatic nitrogens is 1. The molecule has 0 bridgehead atoms. The van der Waals surface area contributed by atoms with Crippen molar-refractivity contribution in [3.8, 4) is 0 Å². The fourth-order valence-corrected chi connectivity index (χ4v) is 1.25. The molecule has 0 radical (unpaired) electrons. The monoisotopic (exact) mass is 225 g/mol. The molecule has 0 unspecified atom stereocenters. The SMILES string of the molecule is Cc1cc(CN(C)C(=O)CNC(C)C)no1. The molecule has 0 aliphatic carbocycles. The predicted molar refractivity (Wildman–Crippen MR) is 60.9 cm³/mol. The molecule has 0 aromatic carbocycles. The average molecular weight is 225 g/mol. The van der Waals surface area contributed by atoms with Crippen molar-refractivity contribution in [2.45, 2.75) is 33.4 Å². The molecule has 0 fully saturated rings. The summed E-state index contributed by atoms with van der Waals surface area (Å²) in [4.78, 5) is 13.3. The molecule has 1 amide bonds. The van der Waals surface area contributed by atoms with E-state index in [-0.39, 0.29) is 5.91 Å². The third-order valence-electron chi connectivity index (χ3n) is 2.16. The molecule has 0 atom stereocenters. The number of carbonyl (C=O) groups is 1. The van der Waals surface area contributed by atoms with Crippen LogP contribution in [0.25, 0.3) is 0 Å². The zero-order valence-electron chi connectivity index (χ0n) is 10.3. The summed E-state index contributed by atoms with van der Waals surface area (Å²) < 4.78 is 4.94. The van der Waals surface area contributed by atoms with E-state index >= 15 is 0 Å². The molecule has 1 N–H and O–H groups in total. The van der Waals surface area contributed by atoms with E-state index in [1.807, 2.05) is 26.8 Å². The highest BCUT2D eigenvalue weighted by atomic mass is 16.5. The number of likely N-dealkylation sites (N-methyl/N-ethyl adjacent to an activating group) is 1. The molecule has 1 aromatic rings. The minimum Gasteiger partial charge on any atom is -0.361 e. The van der Waals surface area contributed by atoms with Gasteiger partial charge in [0.05, 0.1) is 13.1 Å². The Kier molecular flexibility index (Phi) is 4.49. The van der Waals surface area contributed by atoms with E-state index in [0.717, 1.165) is 11.5 Å². The molecule has 90 valence electrons. The van der Waals surface area contributed by atoms with Crippen LogP contribution in [0, 0.1) is 6.92 Å². The first-order chi connectivity index (χ1) is 7.49. The second kappa shape index (κ2) is 5.65. The summed E-state index contributed by atoms with van der Waals surface area (Å²) in [7, 11) is 1.76. The Morgan fingerprint density at radius 2 is 2.31 bits per heavy atom. The number of nitrogens with zero attached hydrogens (tertiary/aromatic N) is 2. The normalized spacial score (nSPS) is 10.8. The molecule has 5 nitrogen and oxygen atoms in total. The molecule has 5 heteroatoms. The van der Waals surface area contributed by atoms with Gasteiger partial charge in [-0.3, -0.25) is 4.79 Å². The summed E-state index contributed by atoms with van der Waals surface area (Å²) in [6, 6.07) is 2.14. The van der Waals surface area contributed by atoms with E-state index < -0.39 is 0 Å². The Bertz CT molecular complexity index is 347. The van der Waals surface area contributed by atoms with Crippen molar-refractivity contribution >= 4 is 5.91 Å². The summed E-state index contributed by atoms with van der Waals surface area (Å²) in [5.74, 6) is 0.811. The first-order valence-corrected chi connectivity index (χ1v) is 5.38. The maximum atomic E-state index is 11.7. The van der Waals surface area contributed by atoms with Crippen LogP contribution in [0.4, 0.5) is 0 Å². The summed E-state index contributed by atoms with van der Waals surface area (Å²) >= 11 is 0. The lowest BCUT2D eigenvalue weighted by molar-refractivity contribution is -0.129. The van der Waals surface area contributed by atoms with Gasteiger partial charge in [0.25, 0.3) is 0 Å². The average Bonchev–Trinajstić information content (AvgIpc) is 2.60. The molecule has 16 heavy (non-hydrogen) atoms. The Morgan fingerprint density at radius 3 is 2.81 bits per heavy atom. The van der Waals surface area contributed by atoms with Gasteiger partial charge in [-0.1, -0.05) is 19.0 Å². The van der Waals surface area contributed by atoms with E-state index in [4.69, 9.17) is 4.52 Å². The third-order valence-corrected chi connectivity index (χ3v) is 2.16. The Morgan fingerprint density at radius 1 is 1.62 bits per heavy atom. The predicted octanol–water partition coefficient (Wildman–Crippen LogP) is 0.939. The highest BCUT2D eigenvalue weighted by Gasteiger charge is 2.11. The maximum Gasteiger partial charge on any atom is 0.236 e. The van der Waals surface area contributed by atoms with Gasteiger partial charge < -0.3 is 14.7 Å². The molecule has 0 aliphatic heterocycles. The lowest BCUT2D eigenvalue weighted by Crippen LogP contribution is -2.37. The van der Waals surface area contributed by atoms with Gasteiger partial charge in [0.15, 0.2) is 0 Å². The quantitative estimate of drug-likeness (QED) is 0.810. The van der Waals surface area contributed by atoms with E-state index in [2.05, 4.69) is 10.5 Å². The first-order valence-electron chi connectivity index (χ1n) is 5.38. The fourth-order valence-electron chi connectivity index (χ4n) is 1.25. The standard InChI is InChI=1S/C11H19N3O2/c1-8(2)12-6-11(15)14(4)7-10-5-9(3)16-13-10/h5,8,12H,6-7H2,1-4H3. The Hall–Kier alpha value is -1.36. The molecular formula is C11H19N3O2. The largest absolute Gasteiger partial charge is 0.361 e. The van der Waals surface area contributed by atoms with Crippen LogP contribution < -0.4 is 5.32 Å². The van der Waals surface area contributed by atoms with Crippen molar-refractivity contribution in [1.29, 1.82) is 0 Å². The van der Waals surface area contributed by atoms with Gasteiger partial charge in [-0.05, 0) is 6.92 Å². The number of nitrogens with one attached hydrogen (secondary N) is 1. The summed E-state index contributed by atoms with van der Waals surface area (Å²) in [5.41, 5.74) is 0.776. The molecule has 0 saturated carbocycles. The van der Waals surface area contributed by atoms with Crippen LogP contribution >= 0.6 is 0 Å². The van der Waals surface area contributed by atoms with Gasteiger partial charge in [0.2, 0.25) is 5.91 Å². The van der Waals surface area contributed by atoms with Crippen LogP contribution in [-0.4, -0.2) is 35.6 Å². The molecule has 0 spiro atoms.